The molecule has 21 heavy (non-hydrogen) atoms. The van der Waals surface area contributed by atoms with Crippen LogP contribution in [0.5, 0.6) is 0 Å². The number of nitrogens with one attached hydrogen (secondary N) is 1. The number of rotatable bonds is 3. The third kappa shape index (κ3) is 9.64. The van der Waals surface area contributed by atoms with Gasteiger partial charge in [-0.3, -0.25) is 0 Å². The zero-order valence-electron chi connectivity index (χ0n) is 11.7. The van der Waals surface area contributed by atoms with Crippen molar-refractivity contribution >= 4 is 0 Å². The van der Waals surface area contributed by atoms with E-state index in [4.69, 9.17) is 0 Å². The summed E-state index contributed by atoms with van der Waals surface area (Å²) in [5.41, 5.74) is 0. The zero-order chi connectivity index (χ0) is 15.9. The summed E-state index contributed by atoms with van der Waals surface area (Å²) in [4.78, 5) is 1.91. The first kappa shape index (κ1) is 19.1. The molecule has 2 aliphatic rings. The number of piperazine rings is 1. The molecular formula is C10H22Cr2N2O7. The summed E-state index contributed by atoms with van der Waals surface area (Å²) in [6.45, 7) is 5.58. The van der Waals surface area contributed by atoms with Crippen LogP contribution in [-0.4, -0.2) is 32.2 Å². The zero-order valence-corrected chi connectivity index (χ0v) is 14.2. The molecule has 1 heterocycles. The number of nitrogens with two attached hydrogens (primary N) is 1. The first-order valence-electron chi connectivity index (χ1n) is 6.96. The van der Waals surface area contributed by atoms with Gasteiger partial charge in [0.1, 0.15) is 26.2 Å². The van der Waals surface area contributed by atoms with Crippen LogP contribution in [0, 0.1) is 0 Å². The van der Waals surface area contributed by atoms with Gasteiger partial charge >= 0.3 is 53.6 Å². The van der Waals surface area contributed by atoms with E-state index in [-0.39, 0.29) is 0 Å². The molecule has 2 rings (SSSR count). The van der Waals surface area contributed by atoms with Gasteiger partial charge in [-0.25, -0.2) is 0 Å². The third-order valence-electron chi connectivity index (χ3n) is 3.69. The number of quaternary nitrogens is 2. The average molecular weight is 386 g/mol. The van der Waals surface area contributed by atoms with E-state index in [9.17, 15) is 23.5 Å². The third-order valence-corrected chi connectivity index (χ3v) is 6.36. The van der Waals surface area contributed by atoms with E-state index in [2.05, 4.69) is 8.16 Å². The van der Waals surface area contributed by atoms with Gasteiger partial charge in [0, 0.05) is 0 Å². The van der Waals surface area contributed by atoms with Gasteiger partial charge in [-0.2, -0.15) is 0 Å². The Morgan fingerprint density at radius 2 is 1.38 bits per heavy atom. The summed E-state index contributed by atoms with van der Waals surface area (Å²) >= 11 is -12.1. The molecule has 0 aromatic carbocycles. The Morgan fingerprint density at radius 1 is 0.905 bits per heavy atom. The van der Waals surface area contributed by atoms with E-state index >= 15 is 0 Å². The summed E-state index contributed by atoms with van der Waals surface area (Å²) in [5.74, 6) is 0. The fraction of sp³-hybridized carbons (Fsp3) is 1.00. The van der Waals surface area contributed by atoms with Crippen LogP contribution in [0.15, 0.2) is 0 Å². The molecular weight excluding hydrogens is 364 g/mol. The maximum atomic E-state index is 9.38. The number of hydrogen-bond donors (Lipinski definition) is 2. The van der Waals surface area contributed by atoms with Crippen LogP contribution in [0.1, 0.15) is 32.1 Å². The molecule has 0 aromatic heterocycles. The molecule has 0 unspecified atom stereocenters. The summed E-state index contributed by atoms with van der Waals surface area (Å²) < 4.78 is 58.9. The van der Waals surface area contributed by atoms with Crippen molar-refractivity contribution in [2.45, 2.75) is 38.1 Å². The Bertz CT molecular complexity index is 447. The van der Waals surface area contributed by atoms with Crippen molar-refractivity contribution in [2.24, 2.45) is 0 Å². The summed E-state index contributed by atoms with van der Waals surface area (Å²) in [7, 11) is 0. The van der Waals surface area contributed by atoms with Crippen molar-refractivity contribution in [1.82, 2.24) is 0 Å². The van der Waals surface area contributed by atoms with Crippen LogP contribution in [-0.2, 0) is 45.3 Å². The SMILES string of the molecule is C1CCC([NH+]2CC[NH2+]CC2)CC1.[O]=[Cr](=[O])([O-])[O][Cr](=[O])(=[O])[O-]. The summed E-state index contributed by atoms with van der Waals surface area (Å²) in [6, 6.07) is 1.03. The average Bonchev–Trinajstić information content (AvgIpc) is 2.37. The van der Waals surface area contributed by atoms with E-state index in [1.54, 1.807) is 0 Å². The maximum absolute atomic E-state index is 9.38. The van der Waals surface area contributed by atoms with E-state index in [0.717, 1.165) is 6.04 Å². The summed E-state index contributed by atoms with van der Waals surface area (Å²) in [5, 5.41) is 2.46. The van der Waals surface area contributed by atoms with Crippen molar-refractivity contribution in [3.05, 3.63) is 0 Å². The quantitative estimate of drug-likeness (QED) is 0.501. The molecule has 1 aliphatic heterocycles. The Balaban J connectivity index is 0.000000222. The first-order chi connectivity index (χ1) is 9.67. The minimum absolute atomic E-state index is 1.03. The van der Waals surface area contributed by atoms with Crippen molar-refractivity contribution in [3.63, 3.8) is 0 Å². The van der Waals surface area contributed by atoms with Crippen LogP contribution in [0.25, 0.3) is 0 Å². The monoisotopic (exact) mass is 386 g/mol. The van der Waals surface area contributed by atoms with Crippen molar-refractivity contribution in [2.75, 3.05) is 26.2 Å². The minimum atomic E-state index is -6.07. The molecule has 0 atom stereocenters. The Labute approximate surface area is 128 Å². The second kappa shape index (κ2) is 8.63. The molecule has 1 saturated heterocycles. The molecule has 2 fully saturated rings. The van der Waals surface area contributed by atoms with Gasteiger partial charge in [0.15, 0.2) is 0 Å². The van der Waals surface area contributed by atoms with Gasteiger partial charge in [-0.1, -0.05) is 6.42 Å². The standard InChI is InChI=1S/C10H20N2.2Cr.7O/c1-2-4-10(5-3-1)12-8-6-11-7-9-12;;;;;;;;;/h10-11H,1-9H2;;;;;;;;;/q;;;;;;;;2*-1/p+2. The predicted molar refractivity (Wildman–Crippen MR) is 53.1 cm³/mol. The van der Waals surface area contributed by atoms with Crippen LogP contribution >= 0.6 is 0 Å². The normalized spacial score (nSPS) is 22.4. The molecule has 11 heteroatoms. The van der Waals surface area contributed by atoms with Crippen molar-refractivity contribution in [3.8, 4) is 0 Å². The second-order valence-corrected chi connectivity index (χ2v) is 8.88. The molecule has 9 nitrogen and oxygen atoms in total. The molecule has 3 N–H and O–H groups in total. The van der Waals surface area contributed by atoms with Gasteiger partial charge in [0.05, 0.1) is 6.04 Å². The molecule has 0 spiro atoms. The first-order valence-corrected chi connectivity index (χ1v) is 11.1. The molecule has 1 saturated carbocycles. The number of hydrogen-bond acceptors (Lipinski definition) is 7. The Kier molecular flexibility index (Phi) is 7.86. The van der Waals surface area contributed by atoms with Gasteiger partial charge in [-0.15, -0.1) is 0 Å². The molecule has 0 radical (unpaired) electrons. The molecule has 1 aliphatic carbocycles. The second-order valence-electron chi connectivity index (χ2n) is 5.24. The van der Waals surface area contributed by atoms with Gasteiger partial charge in [0.25, 0.3) is 0 Å². The van der Waals surface area contributed by atoms with E-state index < -0.39 is 27.2 Å². The molecule has 126 valence electrons. The van der Waals surface area contributed by atoms with E-state index in [1.807, 2.05) is 4.90 Å². The van der Waals surface area contributed by atoms with Crippen LogP contribution in [0.2, 0.25) is 0 Å². The van der Waals surface area contributed by atoms with Crippen LogP contribution < -0.4 is 18.5 Å². The van der Waals surface area contributed by atoms with Crippen molar-refractivity contribution < 1.29 is 63.8 Å². The fourth-order valence-corrected chi connectivity index (χ4v) is 4.50. The van der Waals surface area contributed by atoms with Gasteiger partial charge in [0.2, 0.25) is 0 Å². The summed E-state index contributed by atoms with van der Waals surface area (Å²) in [6.07, 6.45) is 7.51. The van der Waals surface area contributed by atoms with Crippen molar-refractivity contribution in [1.29, 1.82) is 0 Å². The van der Waals surface area contributed by atoms with Crippen LogP contribution in [0.4, 0.5) is 0 Å². The van der Waals surface area contributed by atoms with Gasteiger partial charge < -0.3 is 10.2 Å². The topological polar surface area (TPSA) is 145 Å². The molecule has 0 amide bonds. The van der Waals surface area contributed by atoms with Gasteiger partial charge in [-0.05, 0) is 25.7 Å². The van der Waals surface area contributed by atoms with E-state index in [0.29, 0.717) is 0 Å². The van der Waals surface area contributed by atoms with Crippen LogP contribution in [0.3, 0.4) is 0 Å². The Morgan fingerprint density at radius 3 is 1.76 bits per heavy atom. The van der Waals surface area contributed by atoms with E-state index in [1.165, 1.54) is 58.3 Å². The Hall–Kier alpha value is 0.0649. The molecule has 0 bridgehead atoms. The molecule has 0 aromatic rings. The predicted octanol–water partition coefficient (Wildman–Crippen LogP) is -4.15. The fourth-order valence-electron chi connectivity index (χ4n) is 2.87.